The SMILES string of the molecule is CC(C)N(Cc1cccn1Cc1ccccc1)S(=O)(=O)c1ccc2ccccc2c1. The van der Waals surface area contributed by atoms with Crippen molar-refractivity contribution in [3.8, 4) is 0 Å². The van der Waals surface area contributed by atoms with Crippen LogP contribution in [0.4, 0.5) is 0 Å². The Labute approximate surface area is 178 Å². The number of fused-ring (bicyclic) bond motifs is 1. The van der Waals surface area contributed by atoms with Crippen molar-refractivity contribution in [1.29, 1.82) is 0 Å². The van der Waals surface area contributed by atoms with Gasteiger partial charge in [0.05, 0.1) is 11.4 Å². The molecule has 0 atom stereocenters. The Kier molecular flexibility index (Phi) is 5.75. The molecule has 0 aliphatic heterocycles. The van der Waals surface area contributed by atoms with Crippen molar-refractivity contribution in [3.63, 3.8) is 0 Å². The van der Waals surface area contributed by atoms with Crippen LogP contribution < -0.4 is 0 Å². The Hall–Kier alpha value is -2.89. The molecule has 0 aliphatic carbocycles. The molecule has 1 heterocycles. The number of rotatable bonds is 7. The van der Waals surface area contributed by atoms with Crippen LogP contribution in [0.25, 0.3) is 10.8 Å². The van der Waals surface area contributed by atoms with Crippen LogP contribution in [-0.2, 0) is 23.1 Å². The van der Waals surface area contributed by atoms with E-state index >= 15 is 0 Å². The van der Waals surface area contributed by atoms with Gasteiger partial charge in [0.25, 0.3) is 0 Å². The molecule has 0 fully saturated rings. The van der Waals surface area contributed by atoms with Gasteiger partial charge in [-0.25, -0.2) is 8.42 Å². The molecule has 0 aliphatic rings. The second kappa shape index (κ2) is 8.46. The van der Waals surface area contributed by atoms with Gasteiger partial charge in [0, 0.05) is 24.5 Å². The van der Waals surface area contributed by atoms with Crippen LogP contribution in [0, 0.1) is 0 Å². The summed E-state index contributed by atoms with van der Waals surface area (Å²) in [5.74, 6) is 0. The van der Waals surface area contributed by atoms with E-state index in [4.69, 9.17) is 0 Å². The maximum atomic E-state index is 13.5. The number of hydrogen-bond donors (Lipinski definition) is 0. The summed E-state index contributed by atoms with van der Waals surface area (Å²) in [4.78, 5) is 0.330. The van der Waals surface area contributed by atoms with E-state index in [1.807, 2.05) is 80.7 Å². The molecule has 4 nitrogen and oxygen atoms in total. The first-order chi connectivity index (χ1) is 14.4. The van der Waals surface area contributed by atoms with Crippen LogP contribution in [0.3, 0.4) is 0 Å². The molecule has 0 radical (unpaired) electrons. The van der Waals surface area contributed by atoms with Gasteiger partial charge in [-0.05, 0) is 54.4 Å². The summed E-state index contributed by atoms with van der Waals surface area (Å²) >= 11 is 0. The van der Waals surface area contributed by atoms with Crippen LogP contribution >= 0.6 is 0 Å². The molecule has 5 heteroatoms. The lowest BCUT2D eigenvalue weighted by atomic mass is 10.1. The molecular weight excluding hydrogens is 392 g/mol. The summed E-state index contributed by atoms with van der Waals surface area (Å²) in [6.07, 6.45) is 2.00. The van der Waals surface area contributed by atoms with Crippen molar-refractivity contribution in [2.45, 2.75) is 37.9 Å². The largest absolute Gasteiger partial charge is 0.346 e. The van der Waals surface area contributed by atoms with Crippen LogP contribution in [0.1, 0.15) is 25.1 Å². The first kappa shape index (κ1) is 20.4. The van der Waals surface area contributed by atoms with Gasteiger partial charge in [-0.2, -0.15) is 4.31 Å². The molecule has 0 saturated heterocycles. The highest BCUT2D eigenvalue weighted by Crippen LogP contribution is 2.25. The third-order valence-electron chi connectivity index (χ3n) is 5.34. The van der Waals surface area contributed by atoms with E-state index in [1.165, 1.54) is 5.56 Å². The number of aromatic nitrogens is 1. The van der Waals surface area contributed by atoms with Crippen molar-refractivity contribution in [2.24, 2.45) is 0 Å². The predicted octanol–water partition coefficient (Wildman–Crippen LogP) is 5.29. The van der Waals surface area contributed by atoms with E-state index in [1.54, 1.807) is 16.4 Å². The molecule has 0 bridgehead atoms. The van der Waals surface area contributed by atoms with Gasteiger partial charge < -0.3 is 4.57 Å². The lowest BCUT2D eigenvalue weighted by molar-refractivity contribution is 0.340. The van der Waals surface area contributed by atoms with Gasteiger partial charge in [-0.1, -0.05) is 60.7 Å². The Balaban J connectivity index is 1.65. The molecule has 0 unspecified atom stereocenters. The lowest BCUT2D eigenvalue weighted by Crippen LogP contribution is -2.37. The van der Waals surface area contributed by atoms with Gasteiger partial charge >= 0.3 is 0 Å². The Morgan fingerprint density at radius 2 is 1.53 bits per heavy atom. The zero-order valence-corrected chi connectivity index (χ0v) is 18.1. The topological polar surface area (TPSA) is 42.3 Å². The number of hydrogen-bond acceptors (Lipinski definition) is 2. The number of sulfonamides is 1. The summed E-state index contributed by atoms with van der Waals surface area (Å²) < 4.78 is 30.7. The van der Waals surface area contributed by atoms with E-state index in [-0.39, 0.29) is 6.04 Å². The molecule has 4 rings (SSSR count). The average Bonchev–Trinajstić information content (AvgIpc) is 3.18. The Bertz CT molecular complexity index is 1240. The van der Waals surface area contributed by atoms with Gasteiger partial charge in [-0.3, -0.25) is 0 Å². The van der Waals surface area contributed by atoms with Gasteiger partial charge in [-0.15, -0.1) is 0 Å². The molecule has 3 aromatic carbocycles. The molecule has 154 valence electrons. The van der Waals surface area contributed by atoms with Crippen molar-refractivity contribution in [3.05, 3.63) is 102 Å². The van der Waals surface area contributed by atoms with E-state index in [0.29, 0.717) is 18.0 Å². The van der Waals surface area contributed by atoms with E-state index in [9.17, 15) is 8.42 Å². The highest BCUT2D eigenvalue weighted by molar-refractivity contribution is 7.89. The summed E-state index contributed by atoms with van der Waals surface area (Å²) in [5, 5.41) is 1.96. The van der Waals surface area contributed by atoms with Crippen LogP contribution in [-0.4, -0.2) is 23.3 Å². The van der Waals surface area contributed by atoms with Crippen molar-refractivity contribution in [2.75, 3.05) is 0 Å². The zero-order valence-electron chi connectivity index (χ0n) is 17.3. The Morgan fingerprint density at radius 1 is 0.833 bits per heavy atom. The van der Waals surface area contributed by atoms with Gasteiger partial charge in [0.1, 0.15) is 0 Å². The molecule has 1 aromatic heterocycles. The first-order valence-electron chi connectivity index (χ1n) is 10.1. The monoisotopic (exact) mass is 418 g/mol. The highest BCUT2D eigenvalue weighted by Gasteiger charge is 2.28. The van der Waals surface area contributed by atoms with Crippen LogP contribution in [0.5, 0.6) is 0 Å². The highest BCUT2D eigenvalue weighted by atomic mass is 32.2. The molecular formula is C25H26N2O2S. The van der Waals surface area contributed by atoms with Gasteiger partial charge in [0.2, 0.25) is 10.0 Å². The predicted molar refractivity (Wildman–Crippen MR) is 122 cm³/mol. The minimum absolute atomic E-state index is 0.165. The standard InChI is InChI=1S/C25H26N2O2S/c1-20(2)27(19-24-13-8-16-26(24)18-21-9-4-3-5-10-21)30(28,29)25-15-14-22-11-6-7-12-23(22)17-25/h3-17,20H,18-19H2,1-2H3. The fourth-order valence-electron chi connectivity index (χ4n) is 3.70. The third-order valence-corrected chi connectivity index (χ3v) is 7.36. The summed E-state index contributed by atoms with van der Waals surface area (Å²) in [7, 11) is -3.64. The first-order valence-corrected chi connectivity index (χ1v) is 11.6. The molecule has 4 aromatic rings. The van der Waals surface area contributed by atoms with E-state index in [2.05, 4.69) is 16.7 Å². The third kappa shape index (κ3) is 4.18. The quantitative estimate of drug-likeness (QED) is 0.409. The van der Waals surface area contributed by atoms with Crippen molar-refractivity contribution < 1.29 is 8.42 Å². The maximum absolute atomic E-state index is 13.5. The van der Waals surface area contributed by atoms with Crippen molar-refractivity contribution >= 4 is 20.8 Å². The summed E-state index contributed by atoms with van der Waals surface area (Å²) in [6, 6.07) is 27.1. The zero-order chi connectivity index (χ0) is 21.1. The van der Waals surface area contributed by atoms with Crippen LogP contribution in [0.2, 0.25) is 0 Å². The Morgan fingerprint density at radius 3 is 2.27 bits per heavy atom. The second-order valence-corrected chi connectivity index (χ2v) is 9.66. The molecule has 0 N–H and O–H groups in total. The van der Waals surface area contributed by atoms with E-state index in [0.717, 1.165) is 16.5 Å². The van der Waals surface area contributed by atoms with Crippen molar-refractivity contribution in [1.82, 2.24) is 8.87 Å². The fraction of sp³-hybridized carbons (Fsp3) is 0.200. The minimum atomic E-state index is -3.64. The molecule has 0 spiro atoms. The molecule has 0 saturated carbocycles. The normalized spacial score (nSPS) is 12.1. The van der Waals surface area contributed by atoms with E-state index < -0.39 is 10.0 Å². The maximum Gasteiger partial charge on any atom is 0.243 e. The smallest absolute Gasteiger partial charge is 0.243 e. The molecule has 0 amide bonds. The van der Waals surface area contributed by atoms with Gasteiger partial charge in [0.15, 0.2) is 0 Å². The number of benzene rings is 3. The number of nitrogens with zero attached hydrogens (tertiary/aromatic N) is 2. The molecule has 30 heavy (non-hydrogen) atoms. The average molecular weight is 419 g/mol. The fourth-order valence-corrected chi connectivity index (χ4v) is 5.34. The summed E-state index contributed by atoms with van der Waals surface area (Å²) in [6.45, 7) is 4.88. The lowest BCUT2D eigenvalue weighted by Gasteiger charge is -2.26. The minimum Gasteiger partial charge on any atom is -0.346 e. The second-order valence-electron chi connectivity index (χ2n) is 7.77. The van der Waals surface area contributed by atoms with Crippen LogP contribution in [0.15, 0.2) is 96.0 Å². The summed E-state index contributed by atoms with van der Waals surface area (Å²) in [5.41, 5.74) is 2.15.